The van der Waals surface area contributed by atoms with Gasteiger partial charge in [-0.05, 0) is 24.5 Å². The predicted molar refractivity (Wildman–Crippen MR) is 94.2 cm³/mol. The van der Waals surface area contributed by atoms with Gasteiger partial charge in [0, 0.05) is 18.1 Å². The maximum absolute atomic E-state index is 12.5. The molecule has 0 radical (unpaired) electrons. The van der Waals surface area contributed by atoms with Crippen LogP contribution in [-0.4, -0.2) is 46.8 Å². The summed E-state index contributed by atoms with van der Waals surface area (Å²) in [6.07, 6.45) is 1.01. The molecule has 1 aliphatic heterocycles. The highest BCUT2D eigenvalue weighted by atomic mass is 79.9. The molecule has 130 valence electrons. The van der Waals surface area contributed by atoms with E-state index in [0.717, 1.165) is 14.9 Å². The first-order valence-corrected chi connectivity index (χ1v) is 8.75. The highest BCUT2D eigenvalue weighted by Gasteiger charge is 2.49. The van der Waals surface area contributed by atoms with E-state index in [4.69, 9.17) is 0 Å². The number of nitrogens with zero attached hydrogens (tertiary/aromatic N) is 2. The fourth-order valence-electron chi connectivity index (χ4n) is 2.78. The molecule has 1 aliphatic rings. The fraction of sp³-hybridized carbons (Fsp3) is 0.471. The minimum Gasteiger partial charge on any atom is -0.340 e. The second-order valence-corrected chi connectivity index (χ2v) is 6.81. The van der Waals surface area contributed by atoms with E-state index in [1.165, 1.54) is 4.90 Å². The molecule has 0 saturated carbocycles. The molecule has 0 spiro atoms. The molecule has 2 rings (SSSR count). The summed E-state index contributed by atoms with van der Waals surface area (Å²) in [7, 11) is 1.66. The fourth-order valence-corrected chi connectivity index (χ4v) is 3.19. The minimum absolute atomic E-state index is 0.243. The SMILES string of the molecule is CCC1(CC)NC(=O)N(CC(=O)N(C)Cc2ccccc2Br)C1=O. The first kappa shape index (κ1) is 18.4. The summed E-state index contributed by atoms with van der Waals surface area (Å²) in [6.45, 7) is 3.86. The molecule has 24 heavy (non-hydrogen) atoms. The van der Waals surface area contributed by atoms with E-state index in [1.54, 1.807) is 7.05 Å². The number of benzene rings is 1. The van der Waals surface area contributed by atoms with Gasteiger partial charge in [-0.15, -0.1) is 0 Å². The normalized spacial score (nSPS) is 16.2. The molecule has 0 bridgehead atoms. The van der Waals surface area contributed by atoms with Crippen LogP contribution in [0.5, 0.6) is 0 Å². The molecule has 1 aromatic carbocycles. The van der Waals surface area contributed by atoms with E-state index >= 15 is 0 Å². The van der Waals surface area contributed by atoms with Crippen LogP contribution in [0.3, 0.4) is 0 Å². The van der Waals surface area contributed by atoms with Gasteiger partial charge in [0.2, 0.25) is 5.91 Å². The molecule has 1 aromatic rings. The van der Waals surface area contributed by atoms with Gasteiger partial charge in [0.25, 0.3) is 5.91 Å². The molecular formula is C17H22BrN3O3. The van der Waals surface area contributed by atoms with Crippen molar-refractivity contribution >= 4 is 33.8 Å². The van der Waals surface area contributed by atoms with E-state index in [-0.39, 0.29) is 18.4 Å². The Kier molecular flexibility index (Phi) is 5.64. The standard InChI is InChI=1S/C17H22BrN3O3/c1-4-17(5-2)15(23)21(16(24)19-17)11-14(22)20(3)10-12-8-6-7-9-13(12)18/h6-9H,4-5,10-11H2,1-3H3,(H,19,24). The Balaban J connectivity index is 2.05. The zero-order chi connectivity index (χ0) is 17.9. The second-order valence-electron chi connectivity index (χ2n) is 5.95. The number of imide groups is 1. The Morgan fingerprint density at radius 3 is 2.42 bits per heavy atom. The third kappa shape index (κ3) is 3.45. The van der Waals surface area contributed by atoms with Crippen molar-refractivity contribution in [2.75, 3.05) is 13.6 Å². The number of carbonyl (C=O) groups excluding carboxylic acids is 3. The summed E-state index contributed by atoms with van der Waals surface area (Å²) in [4.78, 5) is 39.6. The van der Waals surface area contributed by atoms with Crippen molar-refractivity contribution in [2.24, 2.45) is 0 Å². The topological polar surface area (TPSA) is 69.7 Å². The van der Waals surface area contributed by atoms with Crippen LogP contribution in [0.25, 0.3) is 0 Å². The number of hydrogen-bond acceptors (Lipinski definition) is 3. The van der Waals surface area contributed by atoms with Gasteiger partial charge in [0.1, 0.15) is 12.1 Å². The lowest BCUT2D eigenvalue weighted by Crippen LogP contribution is -2.46. The number of halogens is 1. The molecule has 1 saturated heterocycles. The van der Waals surface area contributed by atoms with Crippen molar-refractivity contribution in [1.29, 1.82) is 0 Å². The number of rotatable bonds is 6. The molecule has 0 unspecified atom stereocenters. The summed E-state index contributed by atoms with van der Waals surface area (Å²) >= 11 is 3.45. The highest BCUT2D eigenvalue weighted by Crippen LogP contribution is 2.25. The van der Waals surface area contributed by atoms with Crippen molar-refractivity contribution in [3.63, 3.8) is 0 Å². The number of carbonyl (C=O) groups is 3. The number of nitrogens with one attached hydrogen (secondary N) is 1. The summed E-state index contributed by atoms with van der Waals surface area (Å²) in [5.41, 5.74) is 0.0836. The monoisotopic (exact) mass is 395 g/mol. The Labute approximate surface area is 150 Å². The molecule has 1 fully saturated rings. The summed E-state index contributed by atoms with van der Waals surface area (Å²) in [6, 6.07) is 7.12. The first-order chi connectivity index (χ1) is 11.3. The van der Waals surface area contributed by atoms with Crippen LogP contribution in [0.2, 0.25) is 0 Å². The zero-order valence-corrected chi connectivity index (χ0v) is 15.7. The van der Waals surface area contributed by atoms with Crippen LogP contribution in [0.15, 0.2) is 28.7 Å². The maximum atomic E-state index is 12.5. The quantitative estimate of drug-likeness (QED) is 0.752. The minimum atomic E-state index is -0.877. The van der Waals surface area contributed by atoms with Crippen LogP contribution >= 0.6 is 15.9 Å². The Morgan fingerprint density at radius 2 is 1.88 bits per heavy atom. The van der Waals surface area contributed by atoms with Gasteiger partial charge in [-0.2, -0.15) is 0 Å². The highest BCUT2D eigenvalue weighted by molar-refractivity contribution is 9.10. The van der Waals surface area contributed by atoms with E-state index in [0.29, 0.717) is 19.4 Å². The van der Waals surface area contributed by atoms with Crippen LogP contribution in [0.4, 0.5) is 4.79 Å². The third-order valence-corrected chi connectivity index (χ3v) is 5.31. The smallest absolute Gasteiger partial charge is 0.325 e. The third-order valence-electron chi connectivity index (χ3n) is 4.54. The lowest BCUT2D eigenvalue weighted by molar-refractivity contribution is -0.138. The van der Waals surface area contributed by atoms with Gasteiger partial charge in [-0.3, -0.25) is 14.5 Å². The molecule has 0 atom stereocenters. The van der Waals surface area contributed by atoms with E-state index < -0.39 is 11.6 Å². The average Bonchev–Trinajstić information content (AvgIpc) is 2.81. The summed E-state index contributed by atoms with van der Waals surface area (Å²) in [5.74, 6) is -0.600. The van der Waals surface area contributed by atoms with Crippen molar-refractivity contribution in [2.45, 2.75) is 38.8 Å². The van der Waals surface area contributed by atoms with Gasteiger partial charge < -0.3 is 10.2 Å². The van der Waals surface area contributed by atoms with Crippen LogP contribution < -0.4 is 5.32 Å². The van der Waals surface area contributed by atoms with Crippen molar-refractivity contribution < 1.29 is 14.4 Å². The van der Waals surface area contributed by atoms with Crippen molar-refractivity contribution in [3.8, 4) is 0 Å². The lowest BCUT2D eigenvalue weighted by atomic mass is 9.93. The van der Waals surface area contributed by atoms with Crippen LogP contribution in [-0.2, 0) is 16.1 Å². The predicted octanol–water partition coefficient (Wildman–Crippen LogP) is 2.52. The summed E-state index contributed by atoms with van der Waals surface area (Å²) < 4.78 is 0.913. The number of likely N-dealkylation sites (N-methyl/N-ethyl adjacent to an activating group) is 1. The first-order valence-electron chi connectivity index (χ1n) is 7.96. The van der Waals surface area contributed by atoms with Gasteiger partial charge in [-0.1, -0.05) is 48.0 Å². The molecule has 6 nitrogen and oxygen atoms in total. The molecular weight excluding hydrogens is 374 g/mol. The molecule has 0 aromatic heterocycles. The van der Waals surface area contributed by atoms with Gasteiger partial charge in [0.05, 0.1) is 0 Å². The molecule has 4 amide bonds. The van der Waals surface area contributed by atoms with E-state index in [9.17, 15) is 14.4 Å². The summed E-state index contributed by atoms with van der Waals surface area (Å²) in [5, 5.41) is 2.73. The second kappa shape index (κ2) is 7.34. The molecule has 0 aliphatic carbocycles. The Bertz CT molecular complexity index is 658. The number of amides is 4. The van der Waals surface area contributed by atoms with E-state index in [1.807, 2.05) is 38.1 Å². The van der Waals surface area contributed by atoms with Gasteiger partial charge >= 0.3 is 6.03 Å². The lowest BCUT2D eigenvalue weighted by Gasteiger charge is -2.24. The van der Waals surface area contributed by atoms with Gasteiger partial charge in [0.15, 0.2) is 0 Å². The number of hydrogen-bond donors (Lipinski definition) is 1. The number of urea groups is 1. The van der Waals surface area contributed by atoms with Crippen molar-refractivity contribution in [3.05, 3.63) is 34.3 Å². The average molecular weight is 396 g/mol. The largest absolute Gasteiger partial charge is 0.340 e. The van der Waals surface area contributed by atoms with Crippen LogP contribution in [0.1, 0.15) is 32.3 Å². The molecule has 7 heteroatoms. The van der Waals surface area contributed by atoms with E-state index in [2.05, 4.69) is 21.2 Å². The zero-order valence-electron chi connectivity index (χ0n) is 14.1. The van der Waals surface area contributed by atoms with Crippen LogP contribution in [0, 0.1) is 0 Å². The Morgan fingerprint density at radius 1 is 1.25 bits per heavy atom. The van der Waals surface area contributed by atoms with Crippen molar-refractivity contribution in [1.82, 2.24) is 15.1 Å². The van der Waals surface area contributed by atoms with Gasteiger partial charge in [-0.25, -0.2) is 4.79 Å². The maximum Gasteiger partial charge on any atom is 0.325 e. The molecule has 1 heterocycles. The molecule has 1 N–H and O–H groups in total. The Hall–Kier alpha value is -1.89.